The van der Waals surface area contributed by atoms with Crippen LogP contribution in [0.5, 0.6) is 0 Å². The lowest BCUT2D eigenvalue weighted by atomic mass is 9.98. The molecule has 0 amide bonds. The summed E-state index contributed by atoms with van der Waals surface area (Å²) in [6.45, 7) is 2.16. The van der Waals surface area contributed by atoms with E-state index in [1.54, 1.807) is 0 Å². The highest BCUT2D eigenvalue weighted by Gasteiger charge is 2.28. The molecule has 1 aliphatic rings. The van der Waals surface area contributed by atoms with E-state index >= 15 is 0 Å². The van der Waals surface area contributed by atoms with Crippen molar-refractivity contribution < 1.29 is 12.8 Å². The molecule has 1 aromatic rings. The second-order valence-electron chi connectivity index (χ2n) is 5.15. The van der Waals surface area contributed by atoms with Crippen LogP contribution in [0.15, 0.2) is 17.0 Å². The third-order valence-electron chi connectivity index (χ3n) is 3.66. The summed E-state index contributed by atoms with van der Waals surface area (Å²) in [5.41, 5.74) is 0. The van der Waals surface area contributed by atoms with Gasteiger partial charge in [-0.1, -0.05) is 23.2 Å². The van der Waals surface area contributed by atoms with Crippen molar-refractivity contribution in [1.29, 1.82) is 0 Å². The van der Waals surface area contributed by atoms with E-state index in [0.717, 1.165) is 25.9 Å². The van der Waals surface area contributed by atoms with Crippen molar-refractivity contribution in [1.82, 2.24) is 9.62 Å². The van der Waals surface area contributed by atoms with Gasteiger partial charge >= 0.3 is 0 Å². The van der Waals surface area contributed by atoms with Gasteiger partial charge in [-0.05, 0) is 44.0 Å². The zero-order valence-corrected chi connectivity index (χ0v) is 13.9. The standard InChI is InChI=1S/C13H17Cl2FN2O2S/c1-18(8-9-4-6-17-7-5-9)21(19,20)11-3-2-10(14)13(16)12(11)15/h2-3,9,17H,4-8H2,1H3. The quantitative estimate of drug-likeness (QED) is 0.845. The van der Waals surface area contributed by atoms with Crippen molar-refractivity contribution in [3.63, 3.8) is 0 Å². The van der Waals surface area contributed by atoms with Gasteiger partial charge in [-0.15, -0.1) is 0 Å². The molecule has 1 heterocycles. The van der Waals surface area contributed by atoms with Crippen molar-refractivity contribution >= 4 is 33.2 Å². The molecule has 0 atom stereocenters. The molecule has 0 saturated carbocycles. The first kappa shape index (κ1) is 17.0. The van der Waals surface area contributed by atoms with Crippen LogP contribution in [0, 0.1) is 11.7 Å². The average molecular weight is 355 g/mol. The van der Waals surface area contributed by atoms with E-state index in [2.05, 4.69) is 5.32 Å². The van der Waals surface area contributed by atoms with Crippen LogP contribution >= 0.6 is 23.2 Å². The minimum Gasteiger partial charge on any atom is -0.317 e. The Bertz CT molecular complexity index is 619. The zero-order chi connectivity index (χ0) is 15.6. The summed E-state index contributed by atoms with van der Waals surface area (Å²) in [4.78, 5) is -0.248. The van der Waals surface area contributed by atoms with Crippen LogP contribution < -0.4 is 5.32 Å². The van der Waals surface area contributed by atoms with E-state index in [1.807, 2.05) is 0 Å². The lowest BCUT2D eigenvalue weighted by molar-refractivity contribution is 0.311. The van der Waals surface area contributed by atoms with Crippen LogP contribution in [0.1, 0.15) is 12.8 Å². The second-order valence-corrected chi connectivity index (χ2v) is 7.95. The van der Waals surface area contributed by atoms with E-state index in [9.17, 15) is 12.8 Å². The van der Waals surface area contributed by atoms with E-state index in [1.165, 1.54) is 23.5 Å². The Morgan fingerprint density at radius 1 is 1.33 bits per heavy atom. The highest BCUT2D eigenvalue weighted by atomic mass is 35.5. The highest BCUT2D eigenvalue weighted by molar-refractivity contribution is 7.89. The normalized spacial score (nSPS) is 17.4. The van der Waals surface area contributed by atoms with Crippen LogP contribution in [-0.4, -0.2) is 39.4 Å². The molecule has 1 saturated heterocycles. The molecule has 21 heavy (non-hydrogen) atoms. The van der Waals surface area contributed by atoms with Crippen molar-refractivity contribution in [2.45, 2.75) is 17.7 Å². The first-order valence-corrected chi connectivity index (χ1v) is 8.84. The van der Waals surface area contributed by atoms with Gasteiger partial charge in [-0.2, -0.15) is 0 Å². The van der Waals surface area contributed by atoms with Gasteiger partial charge in [-0.25, -0.2) is 17.1 Å². The Morgan fingerprint density at radius 2 is 1.95 bits per heavy atom. The lowest BCUT2D eigenvalue weighted by Gasteiger charge is -2.27. The summed E-state index contributed by atoms with van der Waals surface area (Å²) >= 11 is 11.4. The van der Waals surface area contributed by atoms with Gasteiger partial charge in [0.25, 0.3) is 0 Å². The molecule has 0 unspecified atom stereocenters. The smallest absolute Gasteiger partial charge is 0.244 e. The minimum atomic E-state index is -3.83. The maximum Gasteiger partial charge on any atom is 0.244 e. The number of benzene rings is 1. The van der Waals surface area contributed by atoms with Gasteiger partial charge < -0.3 is 5.32 Å². The third kappa shape index (κ3) is 3.68. The Hall–Kier alpha value is -0.400. The Labute approximate surface area is 134 Å². The largest absolute Gasteiger partial charge is 0.317 e. The van der Waals surface area contributed by atoms with Gasteiger partial charge in [-0.3, -0.25) is 0 Å². The summed E-state index contributed by atoms with van der Waals surface area (Å²) in [6.07, 6.45) is 1.84. The van der Waals surface area contributed by atoms with Crippen LogP contribution in [0.4, 0.5) is 4.39 Å². The van der Waals surface area contributed by atoms with Gasteiger partial charge in [0.1, 0.15) is 4.90 Å². The Morgan fingerprint density at radius 3 is 2.57 bits per heavy atom. The van der Waals surface area contributed by atoms with E-state index < -0.39 is 20.9 Å². The van der Waals surface area contributed by atoms with Gasteiger partial charge in [0.05, 0.1) is 10.0 Å². The first-order valence-electron chi connectivity index (χ1n) is 6.64. The SMILES string of the molecule is CN(CC1CCNCC1)S(=O)(=O)c1ccc(Cl)c(F)c1Cl. The lowest BCUT2D eigenvalue weighted by Crippen LogP contribution is -2.37. The van der Waals surface area contributed by atoms with Gasteiger partial charge in [0.15, 0.2) is 5.82 Å². The van der Waals surface area contributed by atoms with Crippen molar-refractivity contribution in [2.75, 3.05) is 26.7 Å². The number of hydrogen-bond acceptors (Lipinski definition) is 3. The van der Waals surface area contributed by atoms with Crippen LogP contribution in [0.2, 0.25) is 10.0 Å². The minimum absolute atomic E-state index is 0.194. The molecule has 0 radical (unpaired) electrons. The van der Waals surface area contributed by atoms with Crippen molar-refractivity contribution in [3.8, 4) is 0 Å². The average Bonchev–Trinajstić information content (AvgIpc) is 2.45. The molecule has 8 heteroatoms. The number of rotatable bonds is 4. The van der Waals surface area contributed by atoms with Crippen LogP contribution in [-0.2, 0) is 10.0 Å². The van der Waals surface area contributed by atoms with Crippen molar-refractivity contribution in [2.24, 2.45) is 5.92 Å². The maximum absolute atomic E-state index is 13.7. The Balaban J connectivity index is 2.22. The monoisotopic (exact) mass is 354 g/mol. The zero-order valence-electron chi connectivity index (χ0n) is 11.6. The summed E-state index contributed by atoms with van der Waals surface area (Å²) in [5, 5.41) is 2.57. The van der Waals surface area contributed by atoms with Crippen molar-refractivity contribution in [3.05, 3.63) is 28.0 Å². The molecule has 4 nitrogen and oxygen atoms in total. The number of sulfonamides is 1. The molecule has 118 valence electrons. The van der Waals surface area contributed by atoms with Gasteiger partial charge in [0, 0.05) is 13.6 Å². The molecule has 0 aliphatic carbocycles. The molecule has 0 bridgehead atoms. The van der Waals surface area contributed by atoms with E-state index in [4.69, 9.17) is 23.2 Å². The molecule has 0 aromatic heterocycles. The molecule has 1 aliphatic heterocycles. The highest BCUT2D eigenvalue weighted by Crippen LogP contribution is 2.31. The summed E-state index contributed by atoms with van der Waals surface area (Å²) in [6, 6.07) is 2.44. The molecule has 0 spiro atoms. The predicted octanol–water partition coefficient (Wildman–Crippen LogP) is 2.75. The maximum atomic E-state index is 13.7. The molecule has 1 aromatic carbocycles. The first-order chi connectivity index (χ1) is 9.84. The number of nitrogens with one attached hydrogen (secondary N) is 1. The number of piperidine rings is 1. The number of nitrogens with zero attached hydrogens (tertiary/aromatic N) is 1. The molecule has 1 fully saturated rings. The van der Waals surface area contributed by atoms with E-state index in [0.29, 0.717) is 12.5 Å². The fourth-order valence-electron chi connectivity index (χ4n) is 2.40. The number of halogens is 3. The topological polar surface area (TPSA) is 49.4 Å². The van der Waals surface area contributed by atoms with Gasteiger partial charge in [0.2, 0.25) is 10.0 Å². The molecular formula is C13H17Cl2FN2O2S. The number of hydrogen-bond donors (Lipinski definition) is 1. The van der Waals surface area contributed by atoms with Crippen LogP contribution in [0.25, 0.3) is 0 Å². The molecule has 2 rings (SSSR count). The van der Waals surface area contributed by atoms with Crippen LogP contribution in [0.3, 0.4) is 0 Å². The summed E-state index contributed by atoms with van der Waals surface area (Å²) in [5.74, 6) is -0.614. The predicted molar refractivity (Wildman–Crippen MR) is 81.8 cm³/mol. The molecular weight excluding hydrogens is 338 g/mol. The Kier molecular flexibility index (Phi) is 5.48. The summed E-state index contributed by atoms with van der Waals surface area (Å²) in [7, 11) is -2.34. The fraction of sp³-hybridized carbons (Fsp3) is 0.538. The second kappa shape index (κ2) is 6.79. The molecule has 1 N–H and O–H groups in total. The van der Waals surface area contributed by atoms with E-state index in [-0.39, 0.29) is 9.92 Å². The third-order valence-corrected chi connectivity index (χ3v) is 6.30. The summed E-state index contributed by atoms with van der Waals surface area (Å²) < 4.78 is 39.9. The fourth-order valence-corrected chi connectivity index (χ4v) is 4.36.